The van der Waals surface area contributed by atoms with Crippen molar-refractivity contribution < 1.29 is 14.9 Å². The summed E-state index contributed by atoms with van der Waals surface area (Å²) in [5.41, 5.74) is 0. The van der Waals surface area contributed by atoms with Crippen LogP contribution >= 0.6 is 0 Å². The van der Waals surface area contributed by atoms with Crippen LogP contribution in [0.25, 0.3) is 0 Å². The monoisotopic (exact) mass is 164 g/mol. The molecular weight excluding hydrogens is 156 g/mol. The van der Waals surface area contributed by atoms with Crippen molar-refractivity contribution in [1.29, 1.82) is 0 Å². The predicted molar refractivity (Wildman–Crippen MR) is 44.1 cm³/mol. The Morgan fingerprint density at radius 2 is 2.17 bits per heavy atom. The van der Waals surface area contributed by atoms with Crippen LogP contribution in [-0.4, -0.2) is 16.8 Å². The maximum atomic E-state index is 9.18. The molecule has 0 aliphatic heterocycles. The van der Waals surface area contributed by atoms with Crippen LogP contribution in [0.5, 0.6) is 17.2 Å². The number of benzene rings is 1. The molecule has 12 heavy (non-hydrogen) atoms. The molecule has 0 bridgehead atoms. The predicted octanol–water partition coefficient (Wildman–Crippen LogP) is 1.11. The number of phenolic OH excluding ortho intramolecular Hbond substituents is 2. The van der Waals surface area contributed by atoms with E-state index in [9.17, 15) is 5.11 Å². The number of rotatable bonds is 2. The first-order chi connectivity index (χ1) is 5.75. The maximum Gasteiger partial charge on any atom is 0.200 e. The number of aromatic hydroxyl groups is 2. The van der Waals surface area contributed by atoms with Gasteiger partial charge < -0.3 is 14.9 Å². The molecule has 3 heteroatoms. The number of terminal acetylenes is 1. The molecule has 0 atom stereocenters. The summed E-state index contributed by atoms with van der Waals surface area (Å²) in [5.74, 6) is 1.93. The molecule has 0 aliphatic carbocycles. The third kappa shape index (κ3) is 1.61. The van der Waals surface area contributed by atoms with E-state index in [1.807, 2.05) is 0 Å². The first-order valence-corrected chi connectivity index (χ1v) is 3.33. The highest BCUT2D eigenvalue weighted by Gasteiger charge is 2.04. The number of phenols is 2. The molecule has 0 aliphatic rings. The van der Waals surface area contributed by atoms with Crippen molar-refractivity contribution >= 4 is 0 Å². The van der Waals surface area contributed by atoms with Gasteiger partial charge in [-0.25, -0.2) is 0 Å². The average molecular weight is 164 g/mol. The Morgan fingerprint density at radius 1 is 1.42 bits per heavy atom. The fourth-order valence-electron chi connectivity index (χ4n) is 0.747. The molecular formula is C9H8O3. The van der Waals surface area contributed by atoms with Gasteiger partial charge in [-0.3, -0.25) is 0 Å². The van der Waals surface area contributed by atoms with Gasteiger partial charge >= 0.3 is 0 Å². The molecule has 1 aromatic carbocycles. The second-order valence-electron chi connectivity index (χ2n) is 2.12. The van der Waals surface area contributed by atoms with Crippen molar-refractivity contribution in [1.82, 2.24) is 0 Å². The van der Waals surface area contributed by atoms with Gasteiger partial charge in [0, 0.05) is 0 Å². The second kappa shape index (κ2) is 3.54. The molecule has 62 valence electrons. The van der Waals surface area contributed by atoms with Gasteiger partial charge in [-0.15, -0.1) is 6.42 Å². The fraction of sp³-hybridized carbons (Fsp3) is 0.111. The van der Waals surface area contributed by atoms with E-state index in [4.69, 9.17) is 16.3 Å². The molecule has 0 amide bonds. The largest absolute Gasteiger partial charge is 0.504 e. The van der Waals surface area contributed by atoms with Crippen LogP contribution in [0.2, 0.25) is 0 Å². The van der Waals surface area contributed by atoms with Gasteiger partial charge in [-0.05, 0) is 12.1 Å². The van der Waals surface area contributed by atoms with Crippen molar-refractivity contribution in [2.24, 2.45) is 0 Å². The molecule has 0 saturated heterocycles. The van der Waals surface area contributed by atoms with Crippen LogP contribution in [0.1, 0.15) is 0 Å². The lowest BCUT2D eigenvalue weighted by molar-refractivity contribution is 0.328. The molecule has 3 nitrogen and oxygen atoms in total. The lowest BCUT2D eigenvalue weighted by Gasteiger charge is -2.04. The van der Waals surface area contributed by atoms with Gasteiger partial charge in [0.05, 0.1) is 0 Å². The van der Waals surface area contributed by atoms with E-state index >= 15 is 0 Å². The van der Waals surface area contributed by atoms with Crippen LogP contribution in [0.4, 0.5) is 0 Å². The lowest BCUT2D eigenvalue weighted by atomic mass is 10.3. The summed E-state index contributed by atoms with van der Waals surface area (Å²) < 4.78 is 4.92. The first kappa shape index (κ1) is 8.28. The quantitative estimate of drug-likeness (QED) is 0.508. The third-order valence-electron chi connectivity index (χ3n) is 1.29. The van der Waals surface area contributed by atoms with Crippen molar-refractivity contribution in [3.63, 3.8) is 0 Å². The molecule has 0 aromatic heterocycles. The average Bonchev–Trinajstić information content (AvgIpc) is 2.08. The highest BCUT2D eigenvalue weighted by atomic mass is 16.5. The summed E-state index contributed by atoms with van der Waals surface area (Å²) in [5, 5.41) is 18.2. The van der Waals surface area contributed by atoms with Crippen molar-refractivity contribution in [3.8, 4) is 29.6 Å². The van der Waals surface area contributed by atoms with Crippen LogP contribution in [0, 0.1) is 12.3 Å². The Labute approximate surface area is 70.2 Å². The first-order valence-electron chi connectivity index (χ1n) is 3.33. The second-order valence-corrected chi connectivity index (χ2v) is 2.12. The molecule has 0 saturated carbocycles. The van der Waals surface area contributed by atoms with Gasteiger partial charge in [-0.1, -0.05) is 12.0 Å². The topological polar surface area (TPSA) is 49.7 Å². The highest BCUT2D eigenvalue weighted by Crippen LogP contribution is 2.34. The fourth-order valence-corrected chi connectivity index (χ4v) is 0.747. The molecule has 0 unspecified atom stereocenters. The zero-order valence-corrected chi connectivity index (χ0v) is 6.32. The summed E-state index contributed by atoms with van der Waals surface area (Å²) in [6.45, 7) is 0.0665. The van der Waals surface area contributed by atoms with Crippen LogP contribution in [0.3, 0.4) is 0 Å². The van der Waals surface area contributed by atoms with Gasteiger partial charge in [0.2, 0.25) is 5.75 Å². The van der Waals surface area contributed by atoms with Crippen LogP contribution in [-0.2, 0) is 0 Å². The zero-order chi connectivity index (χ0) is 8.97. The van der Waals surface area contributed by atoms with Crippen molar-refractivity contribution in [2.75, 3.05) is 6.61 Å². The Morgan fingerprint density at radius 3 is 2.83 bits per heavy atom. The number of hydrogen-bond acceptors (Lipinski definition) is 3. The lowest BCUT2D eigenvalue weighted by Crippen LogP contribution is -1.93. The van der Waals surface area contributed by atoms with E-state index in [0.717, 1.165) is 0 Å². The van der Waals surface area contributed by atoms with Crippen LogP contribution in [0.15, 0.2) is 18.2 Å². The van der Waals surface area contributed by atoms with Crippen molar-refractivity contribution in [2.45, 2.75) is 0 Å². The standard InChI is InChI=1S/C9H8O3/c1-2-6-12-8-5-3-4-7(10)9(8)11/h1,3-5,10-11H,6H2. The van der Waals surface area contributed by atoms with E-state index in [-0.39, 0.29) is 23.9 Å². The van der Waals surface area contributed by atoms with E-state index in [2.05, 4.69) is 5.92 Å². The SMILES string of the molecule is C#CCOc1cccc(O)c1O. The molecule has 0 fully saturated rings. The van der Waals surface area contributed by atoms with E-state index in [1.165, 1.54) is 12.1 Å². The summed E-state index contributed by atoms with van der Waals surface area (Å²) in [6, 6.07) is 4.44. The van der Waals surface area contributed by atoms with Gasteiger partial charge in [0.1, 0.15) is 6.61 Å². The highest BCUT2D eigenvalue weighted by molar-refractivity contribution is 5.48. The summed E-state index contributed by atoms with van der Waals surface area (Å²) in [7, 11) is 0. The van der Waals surface area contributed by atoms with Crippen LogP contribution < -0.4 is 4.74 Å². The minimum atomic E-state index is -0.284. The Kier molecular flexibility index (Phi) is 2.44. The Balaban J connectivity index is 2.86. The minimum absolute atomic E-state index is 0.0665. The van der Waals surface area contributed by atoms with E-state index in [1.54, 1.807) is 6.07 Å². The molecule has 0 spiro atoms. The van der Waals surface area contributed by atoms with E-state index in [0.29, 0.717) is 0 Å². The Hall–Kier alpha value is -1.82. The maximum absolute atomic E-state index is 9.18. The molecule has 0 radical (unpaired) electrons. The molecule has 2 N–H and O–H groups in total. The van der Waals surface area contributed by atoms with Gasteiger partial charge in [0.25, 0.3) is 0 Å². The smallest absolute Gasteiger partial charge is 0.200 e. The number of para-hydroxylation sites is 1. The molecule has 1 aromatic rings. The summed E-state index contributed by atoms with van der Waals surface area (Å²) in [4.78, 5) is 0. The Bertz CT molecular complexity index is 312. The normalized spacial score (nSPS) is 8.92. The third-order valence-corrected chi connectivity index (χ3v) is 1.29. The minimum Gasteiger partial charge on any atom is -0.504 e. The summed E-state index contributed by atoms with van der Waals surface area (Å²) in [6.07, 6.45) is 4.95. The van der Waals surface area contributed by atoms with E-state index < -0.39 is 0 Å². The van der Waals surface area contributed by atoms with Gasteiger partial charge in [-0.2, -0.15) is 0 Å². The molecule has 0 heterocycles. The number of ether oxygens (including phenoxy) is 1. The number of hydrogen-bond donors (Lipinski definition) is 2. The van der Waals surface area contributed by atoms with Crippen molar-refractivity contribution in [3.05, 3.63) is 18.2 Å². The molecule has 1 rings (SSSR count). The zero-order valence-electron chi connectivity index (χ0n) is 6.32. The van der Waals surface area contributed by atoms with Gasteiger partial charge in [0.15, 0.2) is 11.5 Å². The summed E-state index contributed by atoms with van der Waals surface area (Å²) >= 11 is 0.